The summed E-state index contributed by atoms with van der Waals surface area (Å²) in [6, 6.07) is 0. The topological polar surface area (TPSA) is 26.3 Å². The van der Waals surface area contributed by atoms with Crippen LogP contribution in [0.25, 0.3) is 0 Å². The Kier molecular flexibility index (Phi) is 2.73. The molecule has 3 nitrogen and oxygen atoms in total. The van der Waals surface area contributed by atoms with E-state index in [4.69, 9.17) is 4.74 Å². The summed E-state index contributed by atoms with van der Waals surface area (Å²) in [4.78, 5) is 11.3. The predicted octanol–water partition coefficient (Wildman–Crippen LogP) is 1.63. The molecule has 0 unspecified atom stereocenters. The van der Waals surface area contributed by atoms with Gasteiger partial charge in [-0.15, -0.1) is 0 Å². The van der Waals surface area contributed by atoms with Crippen molar-refractivity contribution in [1.82, 2.24) is 0 Å². The Balaban J connectivity index is 2.55. The van der Waals surface area contributed by atoms with Gasteiger partial charge in [-0.2, -0.15) is 4.79 Å². The van der Waals surface area contributed by atoms with Crippen LogP contribution in [0.15, 0.2) is 0 Å². The van der Waals surface area contributed by atoms with Gasteiger partial charge >= 0.3 is 6.09 Å². The fourth-order valence-corrected chi connectivity index (χ4v) is 1.67. The van der Waals surface area contributed by atoms with Gasteiger partial charge in [-0.3, -0.25) is 0 Å². The first-order valence-corrected chi connectivity index (χ1v) is 4.51. The van der Waals surface area contributed by atoms with Gasteiger partial charge in [0.05, 0.1) is 27.2 Å². The first-order valence-electron chi connectivity index (χ1n) is 4.51. The van der Waals surface area contributed by atoms with Gasteiger partial charge in [-0.05, 0) is 18.8 Å². The Morgan fingerprint density at radius 1 is 1.42 bits per heavy atom. The van der Waals surface area contributed by atoms with E-state index in [-0.39, 0.29) is 6.09 Å². The van der Waals surface area contributed by atoms with Crippen molar-refractivity contribution in [1.29, 1.82) is 0 Å². The van der Waals surface area contributed by atoms with Crippen LogP contribution < -0.4 is 0 Å². The summed E-state index contributed by atoms with van der Waals surface area (Å²) < 4.78 is 5.22. The summed E-state index contributed by atoms with van der Waals surface area (Å²) in [5.74, 6) is 0.765. The lowest BCUT2D eigenvalue weighted by Gasteiger charge is -2.35. The predicted molar refractivity (Wildman–Crippen MR) is 46.7 cm³/mol. The van der Waals surface area contributed by atoms with Gasteiger partial charge < -0.3 is 4.74 Å². The third-order valence-corrected chi connectivity index (χ3v) is 2.85. The number of likely N-dealkylation sites (tertiary alicyclic amines) is 1. The van der Waals surface area contributed by atoms with Crippen molar-refractivity contribution >= 4 is 6.09 Å². The van der Waals surface area contributed by atoms with E-state index in [0.717, 1.165) is 31.8 Å². The van der Waals surface area contributed by atoms with Crippen LogP contribution in [-0.4, -0.2) is 37.8 Å². The van der Waals surface area contributed by atoms with E-state index in [1.54, 1.807) is 0 Å². The molecule has 70 valence electrons. The standard InChI is InChI=1S/C9H18NO2/c1-8-4-6-10(2,7-5-8)9(11)12-3/h8H,4-7H2,1-3H3/q+1. The number of hydrogen-bond acceptors (Lipinski definition) is 2. The molecule has 1 rings (SSSR count). The zero-order chi connectivity index (χ0) is 9.19. The lowest BCUT2D eigenvalue weighted by Crippen LogP contribution is -2.53. The van der Waals surface area contributed by atoms with Crippen LogP contribution >= 0.6 is 0 Å². The Morgan fingerprint density at radius 3 is 2.33 bits per heavy atom. The van der Waals surface area contributed by atoms with E-state index in [1.807, 2.05) is 7.05 Å². The highest BCUT2D eigenvalue weighted by molar-refractivity contribution is 5.59. The molecule has 0 radical (unpaired) electrons. The van der Waals surface area contributed by atoms with Gasteiger partial charge in [0.1, 0.15) is 0 Å². The lowest BCUT2D eigenvalue weighted by molar-refractivity contribution is -0.844. The van der Waals surface area contributed by atoms with E-state index in [9.17, 15) is 4.79 Å². The third kappa shape index (κ3) is 1.78. The zero-order valence-corrected chi connectivity index (χ0v) is 8.17. The summed E-state index contributed by atoms with van der Waals surface area (Å²) in [7, 11) is 3.42. The average Bonchev–Trinajstić information content (AvgIpc) is 2.09. The number of methoxy groups -OCH3 is 1. The molecule has 0 saturated carbocycles. The number of amides is 1. The van der Waals surface area contributed by atoms with E-state index in [2.05, 4.69) is 6.92 Å². The Labute approximate surface area is 73.9 Å². The molecule has 3 heteroatoms. The van der Waals surface area contributed by atoms with Crippen LogP contribution in [0.4, 0.5) is 4.79 Å². The van der Waals surface area contributed by atoms with Crippen molar-refractivity contribution < 1.29 is 14.0 Å². The summed E-state index contributed by atoms with van der Waals surface area (Å²) in [6.45, 7) is 4.09. The van der Waals surface area contributed by atoms with E-state index in [0.29, 0.717) is 4.48 Å². The average molecular weight is 172 g/mol. The quantitative estimate of drug-likeness (QED) is 0.519. The zero-order valence-electron chi connectivity index (χ0n) is 8.17. The second-order valence-corrected chi connectivity index (χ2v) is 4.00. The van der Waals surface area contributed by atoms with Crippen molar-refractivity contribution in [2.75, 3.05) is 27.2 Å². The fourth-order valence-electron chi connectivity index (χ4n) is 1.67. The minimum absolute atomic E-state index is 0.0955. The molecule has 1 fully saturated rings. The van der Waals surface area contributed by atoms with Gasteiger partial charge in [0.2, 0.25) is 0 Å². The first-order chi connectivity index (χ1) is 5.58. The van der Waals surface area contributed by atoms with Gasteiger partial charge in [-0.1, -0.05) is 6.92 Å². The molecule has 0 bridgehead atoms. The SMILES string of the molecule is COC(=O)[N+]1(C)CCC(C)CC1. The molecule has 1 amide bonds. The largest absolute Gasteiger partial charge is 0.515 e. The maximum absolute atomic E-state index is 11.3. The van der Waals surface area contributed by atoms with Crippen LogP contribution in [0, 0.1) is 5.92 Å². The van der Waals surface area contributed by atoms with Crippen LogP contribution in [-0.2, 0) is 4.74 Å². The van der Waals surface area contributed by atoms with Crippen LogP contribution in [0.5, 0.6) is 0 Å². The molecule has 1 aliphatic rings. The normalized spacial score (nSPS) is 36.1. The summed E-state index contributed by atoms with van der Waals surface area (Å²) >= 11 is 0. The van der Waals surface area contributed by atoms with Crippen molar-refractivity contribution in [2.45, 2.75) is 19.8 Å². The highest BCUT2D eigenvalue weighted by Gasteiger charge is 2.36. The van der Waals surface area contributed by atoms with Crippen molar-refractivity contribution in [2.24, 2.45) is 5.92 Å². The Hall–Kier alpha value is -0.570. The molecular weight excluding hydrogens is 154 g/mol. The summed E-state index contributed by atoms with van der Waals surface area (Å²) in [5.41, 5.74) is 0. The maximum Gasteiger partial charge on any atom is 0.515 e. The molecule has 0 atom stereocenters. The van der Waals surface area contributed by atoms with Gasteiger partial charge in [-0.25, -0.2) is 4.48 Å². The number of hydrogen-bond donors (Lipinski definition) is 0. The lowest BCUT2D eigenvalue weighted by atomic mass is 9.98. The number of ether oxygens (including phenoxy) is 1. The third-order valence-electron chi connectivity index (χ3n) is 2.85. The second-order valence-electron chi connectivity index (χ2n) is 4.00. The molecule has 0 N–H and O–H groups in total. The molecule has 0 spiro atoms. The number of piperidine rings is 1. The van der Waals surface area contributed by atoms with Gasteiger partial charge in [0.15, 0.2) is 0 Å². The highest BCUT2D eigenvalue weighted by Crippen LogP contribution is 2.22. The Bertz CT molecular complexity index is 171. The summed E-state index contributed by atoms with van der Waals surface area (Å²) in [5, 5.41) is 0. The van der Waals surface area contributed by atoms with Crippen LogP contribution in [0.1, 0.15) is 19.8 Å². The Morgan fingerprint density at radius 2 is 1.92 bits per heavy atom. The number of quaternary nitrogens is 1. The van der Waals surface area contributed by atoms with E-state index < -0.39 is 0 Å². The first kappa shape index (κ1) is 9.52. The molecular formula is C9H18NO2+. The van der Waals surface area contributed by atoms with E-state index >= 15 is 0 Å². The highest BCUT2D eigenvalue weighted by atomic mass is 16.5. The van der Waals surface area contributed by atoms with Crippen molar-refractivity contribution in [3.8, 4) is 0 Å². The maximum atomic E-state index is 11.3. The molecule has 1 aliphatic heterocycles. The van der Waals surface area contributed by atoms with Crippen LogP contribution in [0.3, 0.4) is 0 Å². The van der Waals surface area contributed by atoms with Gasteiger partial charge in [0, 0.05) is 0 Å². The smallest absolute Gasteiger partial charge is 0.423 e. The molecule has 0 aromatic heterocycles. The minimum atomic E-state index is -0.0955. The number of carbonyl (C=O) groups excluding carboxylic acids is 1. The van der Waals surface area contributed by atoms with Crippen molar-refractivity contribution in [3.63, 3.8) is 0 Å². The van der Waals surface area contributed by atoms with Crippen LogP contribution in [0.2, 0.25) is 0 Å². The molecule has 1 saturated heterocycles. The molecule has 12 heavy (non-hydrogen) atoms. The van der Waals surface area contributed by atoms with Crippen molar-refractivity contribution in [3.05, 3.63) is 0 Å². The number of rotatable bonds is 0. The molecule has 0 aliphatic carbocycles. The second kappa shape index (κ2) is 3.44. The molecule has 0 aromatic rings. The fraction of sp³-hybridized carbons (Fsp3) is 0.889. The minimum Gasteiger partial charge on any atom is -0.423 e. The van der Waals surface area contributed by atoms with E-state index in [1.165, 1.54) is 7.11 Å². The van der Waals surface area contributed by atoms with Gasteiger partial charge in [0.25, 0.3) is 0 Å². The molecule has 0 aromatic carbocycles. The number of nitrogens with zero attached hydrogens (tertiary/aromatic N) is 1. The summed E-state index contributed by atoms with van der Waals surface area (Å²) in [6.07, 6.45) is 2.17. The molecule has 1 heterocycles. The number of carbonyl (C=O) groups is 1. The monoisotopic (exact) mass is 172 g/mol.